The summed E-state index contributed by atoms with van der Waals surface area (Å²) in [5, 5.41) is 0. The second-order valence-electron chi connectivity index (χ2n) is 6.73. The molecule has 23 heavy (non-hydrogen) atoms. The number of nitrogens with two attached hydrogens (primary N) is 1. The summed E-state index contributed by atoms with van der Waals surface area (Å²) in [4.78, 5) is 16.2. The number of carbonyl (C=O) groups is 1. The summed E-state index contributed by atoms with van der Waals surface area (Å²) in [6.07, 6.45) is 2.22. The number of carbonyl (C=O) groups excluding carboxylic acids is 1. The first kappa shape index (κ1) is 17.2. The quantitative estimate of drug-likeness (QED) is 0.859. The van der Waals surface area contributed by atoms with Crippen LogP contribution >= 0.6 is 0 Å². The number of rotatable bonds is 5. The minimum absolute atomic E-state index is 0.0949. The molecule has 0 amide bonds. The van der Waals surface area contributed by atoms with Gasteiger partial charge in [0.05, 0.1) is 7.11 Å². The molecular formula is C18H25N3O2. The van der Waals surface area contributed by atoms with E-state index in [2.05, 4.69) is 42.5 Å². The van der Waals surface area contributed by atoms with Crippen molar-refractivity contribution < 1.29 is 9.53 Å². The number of ether oxygens (including phenoxy) is 1. The van der Waals surface area contributed by atoms with E-state index in [1.54, 1.807) is 0 Å². The van der Waals surface area contributed by atoms with Gasteiger partial charge < -0.3 is 15.0 Å². The zero-order valence-electron chi connectivity index (χ0n) is 14.2. The van der Waals surface area contributed by atoms with Gasteiger partial charge in [0.25, 0.3) is 0 Å². The fraction of sp³-hybridized carbons (Fsp3) is 0.444. The van der Waals surface area contributed by atoms with E-state index >= 15 is 0 Å². The second-order valence-corrected chi connectivity index (χ2v) is 6.73. The SMILES string of the molecule is COC(=O)[C@@H](N)Cc1cnc(C(C)(C)C)n1Cc1ccccc1. The van der Waals surface area contributed by atoms with Crippen LogP contribution in [0.2, 0.25) is 0 Å². The number of nitrogens with zero attached hydrogens (tertiary/aromatic N) is 2. The van der Waals surface area contributed by atoms with Crippen molar-refractivity contribution in [3.63, 3.8) is 0 Å². The lowest BCUT2D eigenvalue weighted by atomic mass is 9.95. The number of methoxy groups -OCH3 is 1. The Bertz CT molecular complexity index is 657. The molecule has 0 fully saturated rings. The summed E-state index contributed by atoms with van der Waals surface area (Å²) in [5.41, 5.74) is 7.96. The lowest BCUT2D eigenvalue weighted by molar-refractivity contribution is -0.142. The summed E-state index contributed by atoms with van der Waals surface area (Å²) < 4.78 is 6.87. The Kier molecular flexibility index (Phi) is 5.21. The molecule has 0 aliphatic carbocycles. The molecule has 124 valence electrons. The molecule has 0 saturated heterocycles. The molecule has 2 N–H and O–H groups in total. The highest BCUT2D eigenvalue weighted by Gasteiger charge is 2.24. The molecule has 1 atom stereocenters. The number of aromatic nitrogens is 2. The molecule has 0 aliphatic heterocycles. The van der Waals surface area contributed by atoms with Gasteiger partial charge in [0, 0.05) is 30.3 Å². The largest absolute Gasteiger partial charge is 0.468 e. The lowest BCUT2D eigenvalue weighted by Gasteiger charge is -2.22. The van der Waals surface area contributed by atoms with Gasteiger partial charge in [-0.05, 0) is 5.56 Å². The van der Waals surface area contributed by atoms with Gasteiger partial charge in [0.15, 0.2) is 0 Å². The molecule has 1 aromatic heterocycles. The fourth-order valence-corrected chi connectivity index (χ4v) is 2.57. The van der Waals surface area contributed by atoms with Crippen LogP contribution in [0.15, 0.2) is 36.5 Å². The maximum atomic E-state index is 11.6. The lowest BCUT2D eigenvalue weighted by Crippen LogP contribution is -2.34. The molecule has 5 heteroatoms. The zero-order valence-corrected chi connectivity index (χ0v) is 14.2. The van der Waals surface area contributed by atoms with E-state index in [9.17, 15) is 4.79 Å². The van der Waals surface area contributed by atoms with Crippen LogP contribution in [-0.2, 0) is 27.9 Å². The van der Waals surface area contributed by atoms with Crippen LogP contribution in [0.4, 0.5) is 0 Å². The van der Waals surface area contributed by atoms with Crippen LogP contribution in [0, 0.1) is 0 Å². The van der Waals surface area contributed by atoms with Crippen LogP contribution in [0.25, 0.3) is 0 Å². The van der Waals surface area contributed by atoms with Crippen molar-refractivity contribution >= 4 is 5.97 Å². The van der Waals surface area contributed by atoms with Crippen LogP contribution in [0.3, 0.4) is 0 Å². The van der Waals surface area contributed by atoms with Gasteiger partial charge in [-0.2, -0.15) is 0 Å². The predicted octanol–water partition coefficient (Wildman–Crippen LogP) is 2.27. The van der Waals surface area contributed by atoms with Crippen molar-refractivity contribution in [2.45, 2.75) is 45.2 Å². The van der Waals surface area contributed by atoms with Crippen LogP contribution in [0.5, 0.6) is 0 Å². The molecular weight excluding hydrogens is 290 g/mol. The average molecular weight is 315 g/mol. The van der Waals surface area contributed by atoms with E-state index in [4.69, 9.17) is 10.5 Å². The van der Waals surface area contributed by atoms with Crippen LogP contribution in [-0.4, -0.2) is 28.7 Å². The van der Waals surface area contributed by atoms with E-state index in [0.29, 0.717) is 13.0 Å². The fourth-order valence-electron chi connectivity index (χ4n) is 2.57. The molecule has 0 saturated carbocycles. The summed E-state index contributed by atoms with van der Waals surface area (Å²) in [6.45, 7) is 7.08. The molecule has 0 spiro atoms. The van der Waals surface area contributed by atoms with Crippen molar-refractivity contribution in [3.05, 3.63) is 53.6 Å². The third-order valence-electron chi connectivity index (χ3n) is 3.73. The Morgan fingerprint density at radius 1 is 1.30 bits per heavy atom. The number of benzene rings is 1. The van der Waals surface area contributed by atoms with E-state index in [0.717, 1.165) is 11.5 Å². The first-order valence-electron chi connectivity index (χ1n) is 7.75. The normalized spacial score (nSPS) is 12.9. The molecule has 2 aromatic rings. The van der Waals surface area contributed by atoms with Gasteiger partial charge in [0.2, 0.25) is 0 Å². The Labute approximate surface area is 137 Å². The standard InChI is InChI=1S/C18H25N3O2/c1-18(2,3)17-20-11-14(10-15(19)16(22)23-4)21(17)12-13-8-6-5-7-9-13/h5-9,11,15H,10,12,19H2,1-4H3/t15-/m0/s1. The highest BCUT2D eigenvalue weighted by atomic mass is 16.5. The summed E-state index contributed by atoms with van der Waals surface area (Å²) in [7, 11) is 1.35. The van der Waals surface area contributed by atoms with Crippen molar-refractivity contribution in [2.75, 3.05) is 7.11 Å². The van der Waals surface area contributed by atoms with Crippen LogP contribution < -0.4 is 5.73 Å². The zero-order chi connectivity index (χ0) is 17.0. The molecule has 0 aliphatic rings. The van der Waals surface area contributed by atoms with E-state index in [1.807, 2.05) is 24.4 Å². The topological polar surface area (TPSA) is 70.1 Å². The molecule has 5 nitrogen and oxygen atoms in total. The molecule has 2 rings (SSSR count). The highest BCUT2D eigenvalue weighted by Crippen LogP contribution is 2.24. The van der Waals surface area contributed by atoms with Gasteiger partial charge in [-0.1, -0.05) is 51.1 Å². The molecule has 1 aromatic carbocycles. The third-order valence-corrected chi connectivity index (χ3v) is 3.73. The first-order valence-corrected chi connectivity index (χ1v) is 7.75. The second kappa shape index (κ2) is 6.96. The molecule has 0 radical (unpaired) electrons. The van der Waals surface area contributed by atoms with Gasteiger partial charge in [0.1, 0.15) is 11.9 Å². The first-order chi connectivity index (χ1) is 10.8. The summed E-state index contributed by atoms with van der Waals surface area (Å²) >= 11 is 0. The van der Waals surface area contributed by atoms with Gasteiger partial charge in [-0.25, -0.2) is 4.98 Å². The Balaban J connectivity index is 2.35. The molecule has 0 bridgehead atoms. The number of hydrogen-bond acceptors (Lipinski definition) is 4. The predicted molar refractivity (Wildman–Crippen MR) is 90.2 cm³/mol. The van der Waals surface area contributed by atoms with E-state index in [1.165, 1.54) is 12.7 Å². The van der Waals surface area contributed by atoms with Crippen molar-refractivity contribution in [2.24, 2.45) is 5.73 Å². The maximum Gasteiger partial charge on any atom is 0.323 e. The van der Waals surface area contributed by atoms with E-state index in [-0.39, 0.29) is 5.41 Å². The average Bonchev–Trinajstić information content (AvgIpc) is 2.90. The van der Waals surface area contributed by atoms with Crippen molar-refractivity contribution in [1.29, 1.82) is 0 Å². The van der Waals surface area contributed by atoms with Gasteiger partial charge in [-0.15, -0.1) is 0 Å². The highest BCUT2D eigenvalue weighted by molar-refractivity contribution is 5.75. The van der Waals surface area contributed by atoms with Crippen LogP contribution in [0.1, 0.15) is 37.9 Å². The van der Waals surface area contributed by atoms with E-state index < -0.39 is 12.0 Å². The minimum Gasteiger partial charge on any atom is -0.468 e. The molecule has 1 heterocycles. The number of esters is 1. The summed E-state index contributed by atoms with van der Waals surface area (Å²) in [6, 6.07) is 9.51. The molecule has 0 unspecified atom stereocenters. The van der Waals surface area contributed by atoms with Crippen molar-refractivity contribution in [1.82, 2.24) is 9.55 Å². The smallest absolute Gasteiger partial charge is 0.323 e. The monoisotopic (exact) mass is 315 g/mol. The Morgan fingerprint density at radius 2 is 1.96 bits per heavy atom. The Morgan fingerprint density at radius 3 is 2.52 bits per heavy atom. The Hall–Kier alpha value is -2.14. The van der Waals surface area contributed by atoms with Gasteiger partial charge >= 0.3 is 5.97 Å². The number of imidazole rings is 1. The maximum absolute atomic E-state index is 11.6. The third kappa shape index (κ3) is 4.20. The van der Waals surface area contributed by atoms with Crippen molar-refractivity contribution in [3.8, 4) is 0 Å². The minimum atomic E-state index is -0.681. The van der Waals surface area contributed by atoms with Gasteiger partial charge in [-0.3, -0.25) is 4.79 Å². The number of hydrogen-bond donors (Lipinski definition) is 1. The summed E-state index contributed by atoms with van der Waals surface area (Å²) in [5.74, 6) is 0.572.